The Hall–Kier alpha value is -2.44. The lowest BCUT2D eigenvalue weighted by atomic mass is 10.1. The highest BCUT2D eigenvalue weighted by Crippen LogP contribution is 2.25. The Balaban J connectivity index is 2.67. The number of rotatable bonds is 2. The van der Waals surface area contributed by atoms with Crippen molar-refractivity contribution in [2.24, 2.45) is 0 Å². The maximum atomic E-state index is 12.1. The van der Waals surface area contributed by atoms with Crippen LogP contribution in [0, 0.1) is 13.8 Å². The van der Waals surface area contributed by atoms with E-state index in [2.05, 4.69) is 0 Å². The number of carbonyl (C=O) groups is 3. The molecule has 2 rings (SSSR count). The summed E-state index contributed by atoms with van der Waals surface area (Å²) in [5.74, 6) is -2.05. The number of carbonyl (C=O) groups excluding carboxylic acids is 2. The number of amides is 2. The van der Waals surface area contributed by atoms with Gasteiger partial charge in [0.25, 0.3) is 11.5 Å². The molecule has 1 aliphatic rings. The molecule has 1 saturated heterocycles. The summed E-state index contributed by atoms with van der Waals surface area (Å²) >= 11 is 0. The van der Waals surface area contributed by atoms with Crippen molar-refractivity contribution in [3.63, 3.8) is 0 Å². The van der Waals surface area contributed by atoms with Gasteiger partial charge in [-0.1, -0.05) is 0 Å². The Labute approximate surface area is 114 Å². The number of carboxylic acids is 1. The molecule has 2 amide bonds. The number of carboxylic acid groups (broad SMARTS) is 1. The van der Waals surface area contributed by atoms with Gasteiger partial charge in [-0.15, -0.1) is 0 Å². The monoisotopic (exact) mass is 278 g/mol. The zero-order valence-corrected chi connectivity index (χ0v) is 11.3. The van der Waals surface area contributed by atoms with Crippen molar-refractivity contribution < 1.29 is 19.5 Å². The van der Waals surface area contributed by atoms with E-state index in [0.29, 0.717) is 5.56 Å². The number of nitrogens with zero attached hydrogens (tertiary/aromatic N) is 2. The predicted octanol–water partition coefficient (Wildman–Crippen LogP) is 0.0931. The molecular formula is C13H14N2O5. The molecule has 1 atom stereocenters. The number of likely N-dealkylation sites (N-methyl/N-ethyl adjacent to an activating group) is 1. The summed E-state index contributed by atoms with van der Waals surface area (Å²) in [5.41, 5.74) is 0.0242. The highest BCUT2D eigenvalue weighted by Gasteiger charge is 2.39. The topological polar surface area (TPSA) is 96.7 Å². The highest BCUT2D eigenvalue weighted by molar-refractivity contribution is 6.04. The summed E-state index contributed by atoms with van der Waals surface area (Å²) in [4.78, 5) is 47.8. The maximum absolute atomic E-state index is 12.1. The number of hydrogen-bond donors (Lipinski definition) is 1. The second kappa shape index (κ2) is 4.59. The third-order valence-electron chi connectivity index (χ3n) is 3.58. The van der Waals surface area contributed by atoms with Gasteiger partial charge in [-0.05, 0) is 19.4 Å². The van der Waals surface area contributed by atoms with Crippen molar-refractivity contribution >= 4 is 17.8 Å². The van der Waals surface area contributed by atoms with E-state index in [1.54, 1.807) is 0 Å². The SMILES string of the molecule is Cc1cc(=O)n(C2CC(=O)N(C)C2=O)c(C)c1C(=O)O. The largest absolute Gasteiger partial charge is 0.478 e. The Bertz CT molecular complexity index is 689. The van der Waals surface area contributed by atoms with Crippen molar-refractivity contribution in [1.29, 1.82) is 0 Å². The number of aryl methyl sites for hydroxylation is 1. The molecule has 0 aliphatic carbocycles. The number of aromatic carboxylic acids is 1. The van der Waals surface area contributed by atoms with E-state index in [1.165, 1.54) is 27.0 Å². The first kappa shape index (κ1) is 14.0. The van der Waals surface area contributed by atoms with Gasteiger partial charge in [0.15, 0.2) is 0 Å². The lowest BCUT2D eigenvalue weighted by Gasteiger charge is -2.18. The van der Waals surface area contributed by atoms with Gasteiger partial charge >= 0.3 is 5.97 Å². The molecular weight excluding hydrogens is 264 g/mol. The normalized spacial score (nSPS) is 18.8. The number of pyridine rings is 1. The fourth-order valence-electron chi connectivity index (χ4n) is 2.55. The number of hydrogen-bond acceptors (Lipinski definition) is 4. The van der Waals surface area contributed by atoms with Crippen molar-refractivity contribution in [2.75, 3.05) is 7.05 Å². The lowest BCUT2D eigenvalue weighted by Crippen LogP contribution is -2.34. The molecule has 7 nitrogen and oxygen atoms in total. The van der Waals surface area contributed by atoms with Gasteiger partial charge in [-0.2, -0.15) is 0 Å². The van der Waals surface area contributed by atoms with Crippen LogP contribution in [0.3, 0.4) is 0 Å². The fourth-order valence-corrected chi connectivity index (χ4v) is 2.55. The molecule has 7 heteroatoms. The first-order valence-electron chi connectivity index (χ1n) is 6.02. The summed E-state index contributed by atoms with van der Waals surface area (Å²) in [6, 6.07) is 0.214. The standard InChI is InChI=1S/C13H14N2O5/c1-6-4-10(17)15(7(2)11(6)13(19)20)8-5-9(16)14(3)12(8)18/h4,8H,5H2,1-3H3,(H,19,20). The van der Waals surface area contributed by atoms with Crippen LogP contribution in [0.15, 0.2) is 10.9 Å². The summed E-state index contributed by atoms with van der Waals surface area (Å²) in [6.07, 6.45) is -0.127. The average Bonchev–Trinajstić information content (AvgIpc) is 2.56. The van der Waals surface area contributed by atoms with Crippen LogP contribution >= 0.6 is 0 Å². The molecule has 1 N–H and O–H groups in total. The molecule has 106 valence electrons. The van der Waals surface area contributed by atoms with Crippen LogP contribution in [-0.2, 0) is 9.59 Å². The lowest BCUT2D eigenvalue weighted by molar-refractivity contribution is -0.137. The van der Waals surface area contributed by atoms with Crippen molar-refractivity contribution in [3.8, 4) is 0 Å². The minimum absolute atomic E-state index is 0.0144. The fraction of sp³-hybridized carbons (Fsp3) is 0.385. The van der Waals surface area contributed by atoms with Gasteiger partial charge in [-0.3, -0.25) is 23.9 Å². The summed E-state index contributed by atoms with van der Waals surface area (Å²) < 4.78 is 1.10. The van der Waals surface area contributed by atoms with Gasteiger partial charge < -0.3 is 5.11 Å². The predicted molar refractivity (Wildman–Crippen MR) is 68.6 cm³/mol. The highest BCUT2D eigenvalue weighted by atomic mass is 16.4. The molecule has 0 bridgehead atoms. The summed E-state index contributed by atoms with van der Waals surface area (Å²) in [5, 5.41) is 9.20. The molecule has 0 saturated carbocycles. The minimum atomic E-state index is -1.17. The molecule has 20 heavy (non-hydrogen) atoms. The van der Waals surface area contributed by atoms with Gasteiger partial charge in [0.05, 0.1) is 12.0 Å². The number of imide groups is 1. The second-order valence-corrected chi connectivity index (χ2v) is 4.81. The number of likely N-dealkylation sites (tertiary alicyclic amines) is 1. The molecule has 2 heterocycles. The Morgan fingerprint density at radius 1 is 1.30 bits per heavy atom. The van der Waals surface area contributed by atoms with Crippen molar-refractivity contribution in [2.45, 2.75) is 26.3 Å². The van der Waals surface area contributed by atoms with Crippen LogP contribution in [0.4, 0.5) is 0 Å². The Morgan fingerprint density at radius 3 is 2.35 bits per heavy atom. The van der Waals surface area contributed by atoms with Gasteiger partial charge in [0.1, 0.15) is 6.04 Å². The van der Waals surface area contributed by atoms with Crippen LogP contribution in [0.1, 0.15) is 34.1 Å². The molecule has 1 fully saturated rings. The van der Waals surface area contributed by atoms with Gasteiger partial charge in [0, 0.05) is 18.8 Å². The van der Waals surface area contributed by atoms with E-state index in [-0.39, 0.29) is 23.6 Å². The smallest absolute Gasteiger partial charge is 0.337 e. The minimum Gasteiger partial charge on any atom is -0.478 e. The van der Waals surface area contributed by atoms with Gasteiger partial charge in [0.2, 0.25) is 5.91 Å². The van der Waals surface area contributed by atoms with Crippen LogP contribution < -0.4 is 5.56 Å². The van der Waals surface area contributed by atoms with E-state index in [0.717, 1.165) is 9.47 Å². The maximum Gasteiger partial charge on any atom is 0.337 e. The Morgan fingerprint density at radius 2 is 1.90 bits per heavy atom. The average molecular weight is 278 g/mol. The van der Waals surface area contributed by atoms with E-state index >= 15 is 0 Å². The van der Waals surface area contributed by atoms with Crippen LogP contribution in [0.25, 0.3) is 0 Å². The van der Waals surface area contributed by atoms with Crippen molar-refractivity contribution in [1.82, 2.24) is 9.47 Å². The number of aromatic nitrogens is 1. The third kappa shape index (κ3) is 1.91. The molecule has 0 aromatic carbocycles. The molecule has 1 unspecified atom stereocenters. The van der Waals surface area contributed by atoms with Gasteiger partial charge in [-0.25, -0.2) is 4.79 Å². The van der Waals surface area contributed by atoms with E-state index in [1.807, 2.05) is 0 Å². The zero-order chi connectivity index (χ0) is 15.2. The molecule has 1 aromatic heterocycles. The molecule has 0 spiro atoms. The summed E-state index contributed by atoms with van der Waals surface area (Å²) in [6.45, 7) is 2.99. The second-order valence-electron chi connectivity index (χ2n) is 4.81. The molecule has 0 radical (unpaired) electrons. The van der Waals surface area contributed by atoms with Crippen LogP contribution in [-0.4, -0.2) is 39.4 Å². The first-order chi connectivity index (χ1) is 9.25. The van der Waals surface area contributed by atoms with E-state index < -0.39 is 23.5 Å². The Kier molecular flexibility index (Phi) is 3.21. The molecule has 1 aliphatic heterocycles. The van der Waals surface area contributed by atoms with Crippen LogP contribution in [0.2, 0.25) is 0 Å². The van der Waals surface area contributed by atoms with Crippen molar-refractivity contribution in [3.05, 3.63) is 33.2 Å². The van der Waals surface area contributed by atoms with E-state index in [9.17, 15) is 24.3 Å². The molecule has 1 aromatic rings. The van der Waals surface area contributed by atoms with E-state index in [4.69, 9.17) is 0 Å². The quantitative estimate of drug-likeness (QED) is 0.773. The zero-order valence-electron chi connectivity index (χ0n) is 11.3. The van der Waals surface area contributed by atoms with Crippen LogP contribution in [0.5, 0.6) is 0 Å². The first-order valence-corrected chi connectivity index (χ1v) is 6.02. The third-order valence-corrected chi connectivity index (χ3v) is 3.58. The summed E-state index contributed by atoms with van der Waals surface area (Å²) in [7, 11) is 1.34.